The second-order valence-corrected chi connectivity index (χ2v) is 9.95. The van der Waals surface area contributed by atoms with Crippen molar-refractivity contribution in [3.63, 3.8) is 0 Å². The molecule has 0 spiro atoms. The summed E-state index contributed by atoms with van der Waals surface area (Å²) in [5.74, 6) is -0.304. The van der Waals surface area contributed by atoms with Gasteiger partial charge < -0.3 is 14.8 Å². The van der Waals surface area contributed by atoms with Crippen LogP contribution < -0.4 is 10.1 Å². The van der Waals surface area contributed by atoms with E-state index in [1.807, 2.05) is 6.92 Å². The van der Waals surface area contributed by atoms with Crippen molar-refractivity contribution in [1.82, 2.24) is 4.31 Å². The molecule has 0 radical (unpaired) electrons. The maximum atomic E-state index is 13.8. The van der Waals surface area contributed by atoms with Crippen LogP contribution in [0.3, 0.4) is 0 Å². The third-order valence-corrected chi connectivity index (χ3v) is 8.02. The Balaban J connectivity index is 1.66. The second-order valence-electron chi connectivity index (χ2n) is 8.01. The zero-order valence-electron chi connectivity index (χ0n) is 18.0. The van der Waals surface area contributed by atoms with Crippen molar-refractivity contribution in [3.05, 3.63) is 53.8 Å². The summed E-state index contributed by atoms with van der Waals surface area (Å²) in [5, 5.41) is 2.88. The van der Waals surface area contributed by atoms with E-state index in [9.17, 15) is 17.6 Å². The molecule has 32 heavy (non-hydrogen) atoms. The van der Waals surface area contributed by atoms with Gasteiger partial charge >= 0.3 is 0 Å². The molecule has 172 valence electrons. The van der Waals surface area contributed by atoms with Crippen LogP contribution in [-0.4, -0.2) is 51.5 Å². The molecule has 1 N–H and O–H groups in total. The molecule has 0 atom stereocenters. The molecule has 1 aliphatic carbocycles. The first-order valence-corrected chi connectivity index (χ1v) is 12.2. The molecule has 1 heterocycles. The number of anilines is 1. The number of halogens is 1. The first-order valence-electron chi connectivity index (χ1n) is 10.8. The molecule has 0 aromatic heterocycles. The molecule has 1 saturated carbocycles. The van der Waals surface area contributed by atoms with Gasteiger partial charge in [0.1, 0.15) is 11.6 Å². The number of hydrogen-bond donors (Lipinski definition) is 1. The maximum Gasteiger partial charge on any atom is 0.243 e. The Kier molecular flexibility index (Phi) is 6.50. The van der Waals surface area contributed by atoms with Gasteiger partial charge in [-0.3, -0.25) is 4.79 Å². The van der Waals surface area contributed by atoms with Crippen LogP contribution >= 0.6 is 0 Å². The number of carbonyl (C=O) groups excluding carboxylic acids is 1. The van der Waals surface area contributed by atoms with Gasteiger partial charge in [0.15, 0.2) is 0 Å². The van der Waals surface area contributed by atoms with E-state index in [4.69, 9.17) is 9.47 Å². The summed E-state index contributed by atoms with van der Waals surface area (Å²) in [5.41, 5.74) is 0.0650. The largest absolute Gasteiger partial charge is 0.492 e. The molecule has 4 rings (SSSR count). The molecule has 1 saturated heterocycles. The fourth-order valence-corrected chi connectivity index (χ4v) is 5.62. The van der Waals surface area contributed by atoms with Gasteiger partial charge in [0.25, 0.3) is 0 Å². The summed E-state index contributed by atoms with van der Waals surface area (Å²) in [6.45, 7) is 3.41. The molecule has 2 aromatic carbocycles. The molecule has 7 nitrogen and oxygen atoms in total. The van der Waals surface area contributed by atoms with Crippen molar-refractivity contribution in [2.45, 2.75) is 36.5 Å². The van der Waals surface area contributed by atoms with E-state index in [0.29, 0.717) is 44.0 Å². The van der Waals surface area contributed by atoms with Crippen molar-refractivity contribution in [1.29, 1.82) is 0 Å². The number of amides is 1. The second kappa shape index (κ2) is 9.17. The third-order valence-electron chi connectivity index (χ3n) is 6.13. The molecule has 0 bridgehead atoms. The van der Waals surface area contributed by atoms with Crippen LogP contribution in [0.1, 0.15) is 31.7 Å². The van der Waals surface area contributed by atoms with Crippen molar-refractivity contribution >= 4 is 21.6 Å². The van der Waals surface area contributed by atoms with E-state index < -0.39 is 21.3 Å². The zero-order chi connectivity index (χ0) is 22.8. The monoisotopic (exact) mass is 462 g/mol. The average molecular weight is 463 g/mol. The number of rotatable bonds is 7. The number of nitrogens with zero attached hydrogens (tertiary/aromatic N) is 1. The van der Waals surface area contributed by atoms with Gasteiger partial charge in [-0.05, 0) is 55.7 Å². The summed E-state index contributed by atoms with van der Waals surface area (Å²) >= 11 is 0. The Hall–Kier alpha value is -2.49. The number of carbonyl (C=O) groups is 1. The summed E-state index contributed by atoms with van der Waals surface area (Å²) in [6.07, 6.45) is 2.05. The summed E-state index contributed by atoms with van der Waals surface area (Å²) < 4.78 is 52.3. The lowest BCUT2D eigenvalue weighted by molar-refractivity contribution is -0.124. The minimum atomic E-state index is -3.74. The molecule has 1 aliphatic heterocycles. The molecule has 0 unspecified atom stereocenters. The van der Waals surface area contributed by atoms with Crippen LogP contribution in [0.2, 0.25) is 0 Å². The average Bonchev–Trinajstić information content (AvgIpc) is 2.75. The van der Waals surface area contributed by atoms with Gasteiger partial charge in [0.05, 0.1) is 35.8 Å². The van der Waals surface area contributed by atoms with Gasteiger partial charge in [-0.15, -0.1) is 0 Å². The molecule has 9 heteroatoms. The lowest BCUT2D eigenvalue weighted by Crippen LogP contribution is -2.46. The van der Waals surface area contributed by atoms with E-state index in [-0.39, 0.29) is 29.6 Å². The number of ether oxygens (including phenoxy) is 2. The SMILES string of the molecule is CCOc1ccc(S(=O)(=O)N2CCOCC2)cc1NC(=O)C1(c2cccc(F)c2)CCC1. The highest BCUT2D eigenvalue weighted by Gasteiger charge is 2.46. The lowest BCUT2D eigenvalue weighted by Gasteiger charge is -2.40. The van der Waals surface area contributed by atoms with Crippen LogP contribution in [0.25, 0.3) is 0 Å². The number of hydrogen-bond acceptors (Lipinski definition) is 5. The number of benzene rings is 2. The summed E-state index contributed by atoms with van der Waals surface area (Å²) in [7, 11) is -3.74. The normalized spacial score (nSPS) is 18.6. The quantitative estimate of drug-likeness (QED) is 0.683. The Morgan fingerprint density at radius 1 is 1.19 bits per heavy atom. The molecule has 2 aromatic rings. The lowest BCUT2D eigenvalue weighted by atomic mass is 9.63. The van der Waals surface area contributed by atoms with E-state index in [1.165, 1.54) is 28.6 Å². The Morgan fingerprint density at radius 3 is 2.56 bits per heavy atom. The minimum absolute atomic E-state index is 0.0755. The maximum absolute atomic E-state index is 13.8. The minimum Gasteiger partial charge on any atom is -0.492 e. The highest BCUT2D eigenvalue weighted by Crippen LogP contribution is 2.45. The molecular formula is C23H27FN2O5S. The highest BCUT2D eigenvalue weighted by atomic mass is 32.2. The van der Waals surface area contributed by atoms with Crippen LogP contribution in [0.4, 0.5) is 10.1 Å². The Bertz CT molecular complexity index is 1100. The van der Waals surface area contributed by atoms with Gasteiger partial charge in [-0.2, -0.15) is 4.31 Å². The number of morpholine rings is 1. The van der Waals surface area contributed by atoms with Crippen LogP contribution in [0, 0.1) is 5.82 Å². The van der Waals surface area contributed by atoms with E-state index >= 15 is 0 Å². The first kappa shape index (κ1) is 22.7. The van der Waals surface area contributed by atoms with E-state index in [1.54, 1.807) is 18.2 Å². The predicted molar refractivity (Wildman–Crippen MR) is 118 cm³/mol. The molecular weight excluding hydrogens is 435 g/mol. The molecule has 1 amide bonds. The number of sulfonamides is 1. The van der Waals surface area contributed by atoms with Crippen molar-refractivity contribution in [2.75, 3.05) is 38.2 Å². The topological polar surface area (TPSA) is 84.9 Å². The van der Waals surface area contributed by atoms with Crippen molar-refractivity contribution in [3.8, 4) is 5.75 Å². The smallest absolute Gasteiger partial charge is 0.243 e. The van der Waals surface area contributed by atoms with Gasteiger partial charge in [-0.1, -0.05) is 18.6 Å². The van der Waals surface area contributed by atoms with Gasteiger partial charge in [0, 0.05) is 13.1 Å². The van der Waals surface area contributed by atoms with Crippen LogP contribution in [-0.2, 0) is 25.0 Å². The van der Waals surface area contributed by atoms with E-state index in [2.05, 4.69) is 5.32 Å². The standard InChI is InChI=1S/C23H27FN2O5S/c1-2-31-21-8-7-19(32(28,29)26-11-13-30-14-12-26)16-20(21)25-22(27)23(9-4-10-23)17-5-3-6-18(24)15-17/h3,5-8,15-16H,2,4,9-14H2,1H3,(H,25,27). The van der Waals surface area contributed by atoms with Crippen LogP contribution in [0.15, 0.2) is 47.4 Å². The summed E-state index contributed by atoms with van der Waals surface area (Å²) in [4.78, 5) is 13.5. The Morgan fingerprint density at radius 2 is 1.94 bits per heavy atom. The fourth-order valence-electron chi connectivity index (χ4n) is 4.19. The van der Waals surface area contributed by atoms with Gasteiger partial charge in [-0.25, -0.2) is 12.8 Å². The van der Waals surface area contributed by atoms with Gasteiger partial charge in [0.2, 0.25) is 15.9 Å². The zero-order valence-corrected chi connectivity index (χ0v) is 18.8. The van der Waals surface area contributed by atoms with E-state index in [0.717, 1.165) is 6.42 Å². The molecule has 2 fully saturated rings. The Labute approximate surface area is 187 Å². The highest BCUT2D eigenvalue weighted by molar-refractivity contribution is 7.89. The summed E-state index contributed by atoms with van der Waals surface area (Å²) in [6, 6.07) is 10.6. The number of nitrogens with one attached hydrogen (secondary N) is 1. The first-order chi connectivity index (χ1) is 15.4. The van der Waals surface area contributed by atoms with Crippen molar-refractivity contribution < 1.29 is 27.1 Å². The fraction of sp³-hybridized carbons (Fsp3) is 0.435. The molecule has 2 aliphatic rings. The van der Waals surface area contributed by atoms with Crippen LogP contribution in [0.5, 0.6) is 5.75 Å². The van der Waals surface area contributed by atoms with Crippen molar-refractivity contribution in [2.24, 2.45) is 0 Å². The predicted octanol–water partition coefficient (Wildman–Crippen LogP) is 3.31. The third kappa shape index (κ3) is 4.24.